The Morgan fingerprint density at radius 2 is 2.43 bits per heavy atom. The summed E-state index contributed by atoms with van der Waals surface area (Å²) in [6, 6.07) is 1.59. The summed E-state index contributed by atoms with van der Waals surface area (Å²) in [6.45, 7) is 1.29. The van der Waals surface area contributed by atoms with Crippen LogP contribution in [0.15, 0.2) is 16.7 Å². The minimum absolute atomic E-state index is 0.299. The molecular formula is C9H12BrNO3. The number of carboxylic acids is 1. The van der Waals surface area contributed by atoms with Gasteiger partial charge < -0.3 is 14.4 Å². The Kier molecular flexibility index (Phi) is 4.16. The summed E-state index contributed by atoms with van der Waals surface area (Å²) in [5.74, 6) is -0.909. The van der Waals surface area contributed by atoms with Gasteiger partial charge in [-0.05, 0) is 28.4 Å². The van der Waals surface area contributed by atoms with Crippen molar-refractivity contribution in [2.75, 3.05) is 13.7 Å². The average Bonchev–Trinajstić information content (AvgIpc) is 2.47. The van der Waals surface area contributed by atoms with Crippen LogP contribution < -0.4 is 0 Å². The third-order valence-corrected chi connectivity index (χ3v) is 2.26. The Hall–Kier alpha value is -0.810. The van der Waals surface area contributed by atoms with Crippen molar-refractivity contribution in [2.45, 2.75) is 13.0 Å². The summed E-state index contributed by atoms with van der Waals surface area (Å²) in [4.78, 5) is 10.8. The smallest absolute Gasteiger partial charge is 0.352 e. The van der Waals surface area contributed by atoms with Gasteiger partial charge in [0.1, 0.15) is 5.69 Å². The second-order valence-corrected chi connectivity index (χ2v) is 3.80. The van der Waals surface area contributed by atoms with E-state index in [4.69, 9.17) is 9.84 Å². The quantitative estimate of drug-likeness (QED) is 0.825. The molecular weight excluding hydrogens is 250 g/mol. The first-order valence-corrected chi connectivity index (χ1v) is 5.02. The lowest BCUT2D eigenvalue weighted by atomic mass is 10.4. The fourth-order valence-corrected chi connectivity index (χ4v) is 1.68. The Morgan fingerprint density at radius 1 is 1.71 bits per heavy atom. The minimum atomic E-state index is -0.909. The standard InChI is InChI=1S/C9H12BrNO3/c1-14-4-2-3-11-6-7(10)5-8(11)9(12)13/h5-6H,2-4H2,1H3,(H,12,13). The van der Waals surface area contributed by atoms with E-state index in [-0.39, 0.29) is 0 Å². The van der Waals surface area contributed by atoms with Crippen molar-refractivity contribution in [1.29, 1.82) is 0 Å². The molecule has 0 atom stereocenters. The van der Waals surface area contributed by atoms with Gasteiger partial charge in [-0.2, -0.15) is 0 Å². The van der Waals surface area contributed by atoms with E-state index < -0.39 is 5.97 Å². The zero-order chi connectivity index (χ0) is 10.6. The molecule has 0 aliphatic carbocycles. The summed E-state index contributed by atoms with van der Waals surface area (Å²) < 4.78 is 7.38. The van der Waals surface area contributed by atoms with Gasteiger partial charge in [0.15, 0.2) is 0 Å². The summed E-state index contributed by atoms with van der Waals surface area (Å²) in [5, 5.41) is 8.86. The first-order chi connectivity index (χ1) is 6.65. The molecule has 0 aromatic carbocycles. The van der Waals surface area contributed by atoms with Crippen molar-refractivity contribution in [2.24, 2.45) is 0 Å². The lowest BCUT2D eigenvalue weighted by Gasteiger charge is -2.04. The molecule has 78 valence electrons. The Labute approximate surface area is 90.6 Å². The van der Waals surface area contributed by atoms with E-state index >= 15 is 0 Å². The maximum absolute atomic E-state index is 10.8. The summed E-state index contributed by atoms with van der Waals surface area (Å²) >= 11 is 3.24. The predicted octanol–water partition coefficient (Wildman–Crippen LogP) is 1.99. The van der Waals surface area contributed by atoms with E-state index in [9.17, 15) is 4.79 Å². The topological polar surface area (TPSA) is 51.5 Å². The Morgan fingerprint density at radius 3 is 3.00 bits per heavy atom. The zero-order valence-electron chi connectivity index (χ0n) is 7.86. The number of hydrogen-bond acceptors (Lipinski definition) is 2. The number of halogens is 1. The largest absolute Gasteiger partial charge is 0.477 e. The number of ether oxygens (including phenoxy) is 1. The molecule has 1 heterocycles. The predicted molar refractivity (Wildman–Crippen MR) is 55.6 cm³/mol. The normalized spacial score (nSPS) is 10.4. The van der Waals surface area contributed by atoms with Gasteiger partial charge in [0.25, 0.3) is 0 Å². The molecule has 1 aromatic heterocycles. The molecule has 0 amide bonds. The number of aromatic nitrogens is 1. The second kappa shape index (κ2) is 5.17. The Bertz CT molecular complexity index is 322. The van der Waals surface area contributed by atoms with Crippen LogP contribution in [0.4, 0.5) is 0 Å². The molecule has 5 heteroatoms. The molecule has 0 unspecified atom stereocenters. The van der Waals surface area contributed by atoms with Gasteiger partial charge in [-0.3, -0.25) is 0 Å². The molecule has 1 N–H and O–H groups in total. The maximum Gasteiger partial charge on any atom is 0.352 e. The molecule has 0 saturated heterocycles. The number of hydrogen-bond donors (Lipinski definition) is 1. The number of aryl methyl sites for hydroxylation is 1. The number of carboxylic acid groups (broad SMARTS) is 1. The highest BCUT2D eigenvalue weighted by atomic mass is 79.9. The third-order valence-electron chi connectivity index (χ3n) is 1.83. The van der Waals surface area contributed by atoms with Gasteiger partial charge in [0.05, 0.1) is 0 Å². The minimum Gasteiger partial charge on any atom is -0.477 e. The van der Waals surface area contributed by atoms with Crippen molar-refractivity contribution >= 4 is 21.9 Å². The van der Waals surface area contributed by atoms with Crippen molar-refractivity contribution in [1.82, 2.24) is 4.57 Å². The van der Waals surface area contributed by atoms with Crippen molar-refractivity contribution in [3.8, 4) is 0 Å². The van der Waals surface area contributed by atoms with Crippen LogP contribution in [0.5, 0.6) is 0 Å². The zero-order valence-corrected chi connectivity index (χ0v) is 9.45. The number of rotatable bonds is 5. The molecule has 0 fully saturated rings. The molecule has 0 bridgehead atoms. The molecule has 4 nitrogen and oxygen atoms in total. The molecule has 0 aliphatic rings. The SMILES string of the molecule is COCCCn1cc(Br)cc1C(=O)O. The fourth-order valence-electron chi connectivity index (χ4n) is 1.22. The van der Waals surface area contributed by atoms with Gasteiger partial charge in [0, 0.05) is 30.9 Å². The lowest BCUT2D eigenvalue weighted by Crippen LogP contribution is -2.08. The maximum atomic E-state index is 10.8. The van der Waals surface area contributed by atoms with Gasteiger partial charge >= 0.3 is 5.97 Å². The monoisotopic (exact) mass is 261 g/mol. The molecule has 0 aliphatic heterocycles. The molecule has 0 saturated carbocycles. The van der Waals surface area contributed by atoms with E-state index in [1.165, 1.54) is 0 Å². The fraction of sp³-hybridized carbons (Fsp3) is 0.444. The van der Waals surface area contributed by atoms with Gasteiger partial charge in [-0.15, -0.1) is 0 Å². The highest BCUT2D eigenvalue weighted by molar-refractivity contribution is 9.10. The molecule has 0 spiro atoms. The summed E-state index contributed by atoms with van der Waals surface area (Å²) in [6.07, 6.45) is 2.57. The second-order valence-electron chi connectivity index (χ2n) is 2.89. The van der Waals surface area contributed by atoms with Crippen molar-refractivity contribution < 1.29 is 14.6 Å². The van der Waals surface area contributed by atoms with Crippen LogP contribution in [0.2, 0.25) is 0 Å². The van der Waals surface area contributed by atoms with Crippen molar-refractivity contribution in [3.63, 3.8) is 0 Å². The molecule has 0 radical (unpaired) electrons. The number of methoxy groups -OCH3 is 1. The van der Waals surface area contributed by atoms with E-state index in [0.717, 1.165) is 10.9 Å². The highest BCUT2D eigenvalue weighted by Gasteiger charge is 2.10. The molecule has 1 aromatic rings. The highest BCUT2D eigenvalue weighted by Crippen LogP contribution is 2.15. The third kappa shape index (κ3) is 2.85. The van der Waals surface area contributed by atoms with Crippen LogP contribution in [0.3, 0.4) is 0 Å². The first kappa shape index (κ1) is 11.3. The van der Waals surface area contributed by atoms with Crippen LogP contribution in [-0.4, -0.2) is 29.4 Å². The van der Waals surface area contributed by atoms with E-state index in [0.29, 0.717) is 18.8 Å². The van der Waals surface area contributed by atoms with Gasteiger partial charge in [-0.1, -0.05) is 0 Å². The van der Waals surface area contributed by atoms with Gasteiger partial charge in [-0.25, -0.2) is 4.79 Å². The number of carbonyl (C=O) groups is 1. The van der Waals surface area contributed by atoms with Gasteiger partial charge in [0.2, 0.25) is 0 Å². The van der Waals surface area contributed by atoms with Crippen LogP contribution in [0.1, 0.15) is 16.9 Å². The van der Waals surface area contributed by atoms with E-state index in [1.54, 1.807) is 23.9 Å². The van der Waals surface area contributed by atoms with Crippen LogP contribution in [0, 0.1) is 0 Å². The van der Waals surface area contributed by atoms with Crippen molar-refractivity contribution in [3.05, 3.63) is 22.4 Å². The van der Waals surface area contributed by atoms with E-state index in [1.807, 2.05) is 0 Å². The lowest BCUT2D eigenvalue weighted by molar-refractivity contribution is 0.0684. The first-order valence-electron chi connectivity index (χ1n) is 4.23. The van der Waals surface area contributed by atoms with E-state index in [2.05, 4.69) is 15.9 Å². The summed E-state index contributed by atoms with van der Waals surface area (Å²) in [5.41, 5.74) is 0.299. The van der Waals surface area contributed by atoms with Crippen LogP contribution in [0.25, 0.3) is 0 Å². The summed E-state index contributed by atoms with van der Waals surface area (Å²) in [7, 11) is 1.63. The number of nitrogens with zero attached hydrogens (tertiary/aromatic N) is 1. The Balaban J connectivity index is 2.69. The van der Waals surface area contributed by atoms with Crippen LogP contribution >= 0.6 is 15.9 Å². The average molecular weight is 262 g/mol. The van der Waals surface area contributed by atoms with Crippen LogP contribution in [-0.2, 0) is 11.3 Å². The number of aromatic carboxylic acids is 1. The molecule has 1 rings (SSSR count). The molecule has 14 heavy (non-hydrogen) atoms.